The van der Waals surface area contributed by atoms with E-state index < -0.39 is 6.10 Å². The Morgan fingerprint density at radius 2 is 2.00 bits per heavy atom. The van der Waals surface area contributed by atoms with Crippen molar-refractivity contribution < 1.29 is 19.1 Å². The average Bonchev–Trinajstić information content (AvgIpc) is 2.62. The van der Waals surface area contributed by atoms with E-state index in [0.29, 0.717) is 34.4 Å². The van der Waals surface area contributed by atoms with Gasteiger partial charge < -0.3 is 19.7 Å². The minimum absolute atomic E-state index is 0.0758. The van der Waals surface area contributed by atoms with Crippen molar-refractivity contribution in [1.82, 2.24) is 0 Å². The zero-order valence-corrected chi connectivity index (χ0v) is 15.2. The summed E-state index contributed by atoms with van der Waals surface area (Å²) in [5.74, 6) is 0.750. The monoisotopic (exact) mass is 374 g/mol. The van der Waals surface area contributed by atoms with E-state index in [2.05, 4.69) is 5.32 Å². The molecule has 2 amide bonds. The molecule has 136 valence electrons. The predicted molar refractivity (Wildman–Crippen MR) is 100 cm³/mol. The number of ether oxygens (including phenoxy) is 2. The summed E-state index contributed by atoms with van der Waals surface area (Å²) < 4.78 is 11.1. The summed E-state index contributed by atoms with van der Waals surface area (Å²) in [5, 5.41) is 3.36. The van der Waals surface area contributed by atoms with Crippen LogP contribution in [0.15, 0.2) is 42.5 Å². The van der Waals surface area contributed by atoms with E-state index >= 15 is 0 Å². The molecular formula is C19H19ClN2O4. The first-order valence-corrected chi connectivity index (χ1v) is 8.66. The lowest BCUT2D eigenvalue weighted by atomic mass is 10.1. The van der Waals surface area contributed by atoms with Crippen LogP contribution in [-0.4, -0.2) is 31.1 Å². The first-order valence-electron chi connectivity index (χ1n) is 8.28. The molecule has 0 saturated heterocycles. The zero-order chi connectivity index (χ0) is 18.7. The molecule has 1 aliphatic rings. The highest BCUT2D eigenvalue weighted by atomic mass is 35.5. The maximum absolute atomic E-state index is 12.1. The number of anilines is 2. The van der Waals surface area contributed by atoms with Crippen LogP contribution >= 0.6 is 11.6 Å². The van der Waals surface area contributed by atoms with Crippen molar-refractivity contribution >= 4 is 34.8 Å². The Morgan fingerprint density at radius 3 is 2.69 bits per heavy atom. The molecule has 0 spiro atoms. The van der Waals surface area contributed by atoms with Crippen LogP contribution in [0.5, 0.6) is 11.5 Å². The van der Waals surface area contributed by atoms with Gasteiger partial charge in [-0.1, -0.05) is 11.6 Å². The van der Waals surface area contributed by atoms with E-state index in [1.807, 2.05) is 6.92 Å². The highest BCUT2D eigenvalue weighted by Gasteiger charge is 2.30. The Hall–Kier alpha value is -2.73. The van der Waals surface area contributed by atoms with Gasteiger partial charge in [-0.25, -0.2) is 0 Å². The molecule has 2 aromatic carbocycles. The van der Waals surface area contributed by atoms with Crippen LogP contribution in [-0.2, 0) is 9.59 Å². The number of rotatable bonds is 5. The van der Waals surface area contributed by atoms with E-state index in [9.17, 15) is 9.59 Å². The number of nitrogens with zero attached hydrogens (tertiary/aromatic N) is 1. The van der Waals surface area contributed by atoms with Gasteiger partial charge in [-0.05, 0) is 50.2 Å². The second-order valence-corrected chi connectivity index (χ2v) is 6.25. The second kappa shape index (κ2) is 7.66. The minimum atomic E-state index is -0.554. The number of carbonyl (C=O) groups is 2. The molecule has 1 atom stereocenters. The molecule has 2 aromatic rings. The molecule has 3 rings (SSSR count). The number of fused-ring (bicyclic) bond motifs is 1. The Balaban J connectivity index is 1.65. The van der Waals surface area contributed by atoms with Crippen LogP contribution in [0.3, 0.4) is 0 Å². The third-order valence-electron chi connectivity index (χ3n) is 3.95. The van der Waals surface area contributed by atoms with Crippen molar-refractivity contribution in [1.29, 1.82) is 0 Å². The van der Waals surface area contributed by atoms with Gasteiger partial charge in [-0.15, -0.1) is 0 Å². The fourth-order valence-electron chi connectivity index (χ4n) is 2.69. The molecule has 0 saturated carbocycles. The van der Waals surface area contributed by atoms with Gasteiger partial charge in [0.15, 0.2) is 12.7 Å². The summed E-state index contributed by atoms with van der Waals surface area (Å²) in [7, 11) is 0. The van der Waals surface area contributed by atoms with E-state index in [1.165, 1.54) is 0 Å². The highest BCUT2D eigenvalue weighted by molar-refractivity contribution is 6.30. The number of nitrogens with one attached hydrogen (secondary N) is 1. The number of carbonyl (C=O) groups excluding carboxylic acids is 2. The van der Waals surface area contributed by atoms with Crippen molar-refractivity contribution in [3.05, 3.63) is 47.5 Å². The van der Waals surface area contributed by atoms with Crippen LogP contribution < -0.4 is 19.7 Å². The minimum Gasteiger partial charge on any atom is -0.484 e. The van der Waals surface area contributed by atoms with Crippen LogP contribution in [0.2, 0.25) is 5.02 Å². The number of halogens is 1. The molecule has 1 aliphatic heterocycles. The summed E-state index contributed by atoms with van der Waals surface area (Å²) in [6.45, 7) is 4.04. The Bertz CT molecular complexity index is 823. The quantitative estimate of drug-likeness (QED) is 0.869. The molecule has 26 heavy (non-hydrogen) atoms. The number of amides is 2. The maximum Gasteiger partial charge on any atom is 0.267 e. The van der Waals surface area contributed by atoms with Gasteiger partial charge in [0.1, 0.15) is 11.5 Å². The molecule has 1 unspecified atom stereocenters. The predicted octanol–water partition coefficient (Wildman–Crippen LogP) is 3.49. The second-order valence-electron chi connectivity index (χ2n) is 5.82. The number of benzene rings is 2. The molecule has 0 aromatic heterocycles. The van der Waals surface area contributed by atoms with Crippen LogP contribution in [0.1, 0.15) is 13.8 Å². The van der Waals surface area contributed by atoms with Crippen LogP contribution in [0, 0.1) is 0 Å². The van der Waals surface area contributed by atoms with Crippen molar-refractivity contribution in [3.63, 3.8) is 0 Å². The van der Waals surface area contributed by atoms with Gasteiger partial charge in [0, 0.05) is 23.3 Å². The summed E-state index contributed by atoms with van der Waals surface area (Å²) in [6, 6.07) is 12.0. The van der Waals surface area contributed by atoms with Gasteiger partial charge in [0.2, 0.25) is 0 Å². The van der Waals surface area contributed by atoms with Gasteiger partial charge in [-0.3, -0.25) is 9.59 Å². The smallest absolute Gasteiger partial charge is 0.267 e. The maximum atomic E-state index is 12.1. The molecule has 1 heterocycles. The normalized spacial score (nSPS) is 15.9. The Labute approximate surface area is 156 Å². The van der Waals surface area contributed by atoms with Gasteiger partial charge in [-0.2, -0.15) is 0 Å². The highest BCUT2D eigenvalue weighted by Crippen LogP contribution is 2.36. The van der Waals surface area contributed by atoms with Crippen molar-refractivity contribution in [3.8, 4) is 11.5 Å². The fraction of sp³-hybridized carbons (Fsp3) is 0.263. The van der Waals surface area contributed by atoms with Crippen molar-refractivity contribution in [2.75, 3.05) is 23.4 Å². The van der Waals surface area contributed by atoms with E-state index in [1.54, 1.807) is 54.3 Å². The molecule has 0 fully saturated rings. The SMILES string of the molecule is CCN1C(=O)C(C)Oc2cc(NC(=O)COc3ccc(Cl)cc3)ccc21. The molecule has 0 aliphatic carbocycles. The zero-order valence-electron chi connectivity index (χ0n) is 14.5. The standard InChI is InChI=1S/C19H19ClN2O4/c1-3-22-16-9-6-14(10-17(16)26-12(2)19(22)24)21-18(23)11-25-15-7-4-13(20)5-8-15/h4-10,12H,3,11H2,1-2H3,(H,21,23). The van der Waals surface area contributed by atoms with Crippen LogP contribution in [0.4, 0.5) is 11.4 Å². The summed E-state index contributed by atoms with van der Waals surface area (Å²) in [5.41, 5.74) is 1.28. The Kier molecular flexibility index (Phi) is 5.32. The van der Waals surface area contributed by atoms with Crippen LogP contribution in [0.25, 0.3) is 0 Å². The summed E-state index contributed by atoms with van der Waals surface area (Å²) in [4.78, 5) is 25.9. The average molecular weight is 375 g/mol. The third kappa shape index (κ3) is 3.91. The fourth-order valence-corrected chi connectivity index (χ4v) is 2.82. The van der Waals surface area contributed by atoms with Crippen molar-refractivity contribution in [2.24, 2.45) is 0 Å². The molecule has 6 nitrogen and oxygen atoms in total. The van der Waals surface area contributed by atoms with Gasteiger partial charge in [0.25, 0.3) is 11.8 Å². The van der Waals surface area contributed by atoms with Gasteiger partial charge in [0.05, 0.1) is 5.69 Å². The first kappa shape index (κ1) is 18.1. The third-order valence-corrected chi connectivity index (χ3v) is 4.20. The largest absolute Gasteiger partial charge is 0.484 e. The van der Waals surface area contributed by atoms with E-state index in [4.69, 9.17) is 21.1 Å². The molecule has 1 N–H and O–H groups in total. The molecule has 0 radical (unpaired) electrons. The molecule has 0 bridgehead atoms. The molecular weight excluding hydrogens is 356 g/mol. The van der Waals surface area contributed by atoms with Crippen molar-refractivity contribution in [2.45, 2.75) is 20.0 Å². The lowest BCUT2D eigenvalue weighted by Gasteiger charge is -2.32. The molecule has 7 heteroatoms. The number of hydrogen-bond donors (Lipinski definition) is 1. The number of likely N-dealkylation sites (N-methyl/N-ethyl adjacent to an activating group) is 1. The summed E-state index contributed by atoms with van der Waals surface area (Å²) >= 11 is 5.81. The van der Waals surface area contributed by atoms with E-state index in [0.717, 1.165) is 0 Å². The lowest BCUT2D eigenvalue weighted by molar-refractivity contribution is -0.125. The number of hydrogen-bond acceptors (Lipinski definition) is 4. The Morgan fingerprint density at radius 1 is 1.27 bits per heavy atom. The summed E-state index contributed by atoms with van der Waals surface area (Å²) in [6.07, 6.45) is -0.554. The first-order chi connectivity index (χ1) is 12.5. The lowest BCUT2D eigenvalue weighted by Crippen LogP contribution is -2.44. The topological polar surface area (TPSA) is 67.9 Å². The van der Waals surface area contributed by atoms with E-state index in [-0.39, 0.29) is 18.4 Å². The van der Waals surface area contributed by atoms with Gasteiger partial charge >= 0.3 is 0 Å².